The maximum Gasteiger partial charge on any atom is 0.214 e. The lowest BCUT2D eigenvalue weighted by atomic mass is 9.97. The van der Waals surface area contributed by atoms with E-state index in [0.717, 1.165) is 0 Å². The van der Waals surface area contributed by atoms with Crippen LogP contribution in [0, 0.1) is 5.41 Å². The van der Waals surface area contributed by atoms with Crippen molar-refractivity contribution in [2.75, 3.05) is 27.1 Å². The lowest BCUT2D eigenvalue weighted by Gasteiger charge is -2.19. The second-order valence-corrected chi connectivity index (χ2v) is 3.10. The topological polar surface area (TPSA) is 57.2 Å². The Morgan fingerprint density at radius 1 is 1.17 bits per heavy atom. The largest absolute Gasteiger partial charge is 0.396 e. The molecule has 0 aromatic rings. The molecule has 12 heavy (non-hydrogen) atoms. The SMILES string of the molecule is COOCOOCC(C)(C)CO. The molecule has 0 aliphatic heterocycles. The Bertz CT molecular complexity index is 104. The van der Waals surface area contributed by atoms with Gasteiger partial charge >= 0.3 is 0 Å². The summed E-state index contributed by atoms with van der Waals surface area (Å²) in [6.07, 6.45) is 0. The highest BCUT2D eigenvalue weighted by atomic mass is 17.3. The zero-order chi connectivity index (χ0) is 9.45. The molecule has 0 amide bonds. The van der Waals surface area contributed by atoms with E-state index in [1.807, 2.05) is 13.8 Å². The van der Waals surface area contributed by atoms with Gasteiger partial charge in [-0.25, -0.2) is 19.6 Å². The molecular weight excluding hydrogens is 164 g/mol. The molecule has 0 spiro atoms. The molecule has 0 heterocycles. The van der Waals surface area contributed by atoms with E-state index in [0.29, 0.717) is 6.61 Å². The van der Waals surface area contributed by atoms with Crippen LogP contribution in [-0.4, -0.2) is 32.2 Å². The van der Waals surface area contributed by atoms with Gasteiger partial charge in [0.05, 0.1) is 20.3 Å². The van der Waals surface area contributed by atoms with Crippen LogP contribution >= 0.6 is 0 Å². The summed E-state index contributed by atoms with van der Waals surface area (Å²) in [5.74, 6) is 0. The van der Waals surface area contributed by atoms with Crippen molar-refractivity contribution in [3.63, 3.8) is 0 Å². The van der Waals surface area contributed by atoms with Crippen molar-refractivity contribution in [2.24, 2.45) is 5.41 Å². The van der Waals surface area contributed by atoms with Crippen LogP contribution < -0.4 is 0 Å². The molecule has 0 fully saturated rings. The van der Waals surface area contributed by atoms with Gasteiger partial charge in [-0.3, -0.25) is 0 Å². The molecule has 0 saturated carbocycles. The molecule has 0 aromatic heterocycles. The molecule has 0 saturated heterocycles. The monoisotopic (exact) mass is 180 g/mol. The summed E-state index contributed by atoms with van der Waals surface area (Å²) in [6, 6.07) is 0. The highest BCUT2D eigenvalue weighted by Crippen LogP contribution is 2.13. The van der Waals surface area contributed by atoms with Crippen molar-refractivity contribution < 1.29 is 24.7 Å². The summed E-state index contributed by atoms with van der Waals surface area (Å²) >= 11 is 0. The van der Waals surface area contributed by atoms with Crippen molar-refractivity contribution in [1.29, 1.82) is 0 Å². The summed E-state index contributed by atoms with van der Waals surface area (Å²) in [6.45, 7) is 3.97. The van der Waals surface area contributed by atoms with Crippen LogP contribution in [0.5, 0.6) is 0 Å². The third-order valence-electron chi connectivity index (χ3n) is 1.18. The molecule has 0 aliphatic carbocycles. The molecule has 0 aliphatic rings. The smallest absolute Gasteiger partial charge is 0.214 e. The van der Waals surface area contributed by atoms with Gasteiger partial charge in [0.2, 0.25) is 6.79 Å². The minimum Gasteiger partial charge on any atom is -0.396 e. The number of hydrogen-bond acceptors (Lipinski definition) is 5. The Hall–Kier alpha value is -0.200. The normalized spacial score (nSPS) is 12.0. The van der Waals surface area contributed by atoms with Gasteiger partial charge < -0.3 is 5.11 Å². The first kappa shape index (κ1) is 11.8. The van der Waals surface area contributed by atoms with Crippen LogP contribution in [0.4, 0.5) is 0 Å². The second kappa shape index (κ2) is 6.33. The van der Waals surface area contributed by atoms with Crippen LogP contribution in [0.1, 0.15) is 13.8 Å². The van der Waals surface area contributed by atoms with E-state index < -0.39 is 0 Å². The van der Waals surface area contributed by atoms with Crippen LogP contribution in [-0.2, 0) is 19.6 Å². The number of aliphatic hydroxyl groups excluding tert-OH is 1. The molecule has 0 bridgehead atoms. The quantitative estimate of drug-likeness (QED) is 0.267. The lowest BCUT2D eigenvalue weighted by molar-refractivity contribution is -0.416. The number of hydrogen-bond donors (Lipinski definition) is 1. The fourth-order valence-corrected chi connectivity index (χ4v) is 0.349. The first-order chi connectivity index (χ1) is 5.62. The number of rotatable bonds is 7. The minimum atomic E-state index is -0.299. The van der Waals surface area contributed by atoms with Gasteiger partial charge in [-0.2, -0.15) is 0 Å². The van der Waals surface area contributed by atoms with Gasteiger partial charge in [-0.15, -0.1) is 0 Å². The summed E-state index contributed by atoms with van der Waals surface area (Å²) in [5, 5.41) is 8.81. The van der Waals surface area contributed by atoms with Crippen molar-refractivity contribution in [1.82, 2.24) is 0 Å². The Morgan fingerprint density at radius 3 is 2.33 bits per heavy atom. The average Bonchev–Trinajstić information content (AvgIpc) is 2.04. The van der Waals surface area contributed by atoms with E-state index in [2.05, 4.69) is 14.7 Å². The number of aliphatic hydroxyl groups is 1. The van der Waals surface area contributed by atoms with Gasteiger partial charge in [-0.1, -0.05) is 13.8 Å². The van der Waals surface area contributed by atoms with Crippen molar-refractivity contribution >= 4 is 0 Å². The summed E-state index contributed by atoms with van der Waals surface area (Å²) < 4.78 is 0. The van der Waals surface area contributed by atoms with Gasteiger partial charge in [-0.05, 0) is 0 Å². The fraction of sp³-hybridized carbons (Fsp3) is 1.00. The van der Waals surface area contributed by atoms with E-state index in [4.69, 9.17) is 9.99 Å². The molecule has 0 atom stereocenters. The maximum absolute atomic E-state index is 8.81. The van der Waals surface area contributed by atoms with Gasteiger partial charge in [0.25, 0.3) is 0 Å². The lowest BCUT2D eigenvalue weighted by Crippen LogP contribution is -2.23. The van der Waals surface area contributed by atoms with Crippen molar-refractivity contribution in [3.05, 3.63) is 0 Å². The standard InChI is InChI=1S/C7H16O5/c1-7(2,4-8)5-10-12-6-11-9-3/h8H,4-6H2,1-3H3. The van der Waals surface area contributed by atoms with E-state index in [-0.39, 0.29) is 18.8 Å². The predicted molar refractivity (Wildman–Crippen MR) is 40.9 cm³/mol. The highest BCUT2D eigenvalue weighted by molar-refractivity contribution is 4.63. The van der Waals surface area contributed by atoms with Crippen LogP contribution in [0.25, 0.3) is 0 Å². The summed E-state index contributed by atoms with van der Waals surface area (Å²) in [4.78, 5) is 17.9. The van der Waals surface area contributed by atoms with Crippen molar-refractivity contribution in [2.45, 2.75) is 13.8 Å². The Kier molecular flexibility index (Phi) is 6.23. The minimum absolute atomic E-state index is 0.0431. The van der Waals surface area contributed by atoms with E-state index >= 15 is 0 Å². The Morgan fingerprint density at radius 2 is 1.83 bits per heavy atom. The molecule has 0 aromatic carbocycles. The van der Waals surface area contributed by atoms with Crippen LogP contribution in [0.15, 0.2) is 0 Å². The van der Waals surface area contributed by atoms with Crippen molar-refractivity contribution in [3.8, 4) is 0 Å². The summed E-state index contributed by atoms with van der Waals surface area (Å²) in [7, 11) is 1.38. The molecule has 0 unspecified atom stereocenters. The van der Waals surface area contributed by atoms with Crippen LogP contribution in [0.2, 0.25) is 0 Å². The summed E-state index contributed by atoms with van der Waals surface area (Å²) in [5.41, 5.74) is -0.299. The van der Waals surface area contributed by atoms with Gasteiger partial charge in [0.1, 0.15) is 0 Å². The second-order valence-electron chi connectivity index (χ2n) is 3.10. The van der Waals surface area contributed by atoms with Gasteiger partial charge in [0.15, 0.2) is 0 Å². The molecular formula is C7H16O5. The Labute approximate surface area is 72.0 Å². The van der Waals surface area contributed by atoms with Gasteiger partial charge in [0, 0.05) is 5.41 Å². The zero-order valence-corrected chi connectivity index (χ0v) is 7.70. The van der Waals surface area contributed by atoms with E-state index in [1.54, 1.807) is 0 Å². The first-order valence-corrected chi connectivity index (χ1v) is 3.63. The third kappa shape index (κ3) is 6.51. The fourth-order valence-electron chi connectivity index (χ4n) is 0.349. The average molecular weight is 180 g/mol. The molecule has 0 radical (unpaired) electrons. The van der Waals surface area contributed by atoms with E-state index in [9.17, 15) is 0 Å². The maximum atomic E-state index is 8.81. The predicted octanol–water partition coefficient (Wildman–Crippen LogP) is 0.489. The zero-order valence-electron chi connectivity index (χ0n) is 7.70. The van der Waals surface area contributed by atoms with E-state index in [1.165, 1.54) is 7.11 Å². The Balaban J connectivity index is 3.19. The molecule has 5 heteroatoms. The molecule has 74 valence electrons. The molecule has 1 N–H and O–H groups in total. The molecule has 5 nitrogen and oxygen atoms in total. The first-order valence-electron chi connectivity index (χ1n) is 3.63. The van der Waals surface area contributed by atoms with Crippen LogP contribution in [0.3, 0.4) is 0 Å². The highest BCUT2D eigenvalue weighted by Gasteiger charge is 2.16. The molecule has 0 rings (SSSR count). The third-order valence-corrected chi connectivity index (χ3v) is 1.18.